The maximum absolute atomic E-state index is 2.41. The lowest BCUT2D eigenvalue weighted by Crippen LogP contribution is -2.11. The minimum Gasteiger partial charge on any atom is -0.310 e. The van der Waals surface area contributed by atoms with E-state index in [4.69, 9.17) is 0 Å². The summed E-state index contributed by atoms with van der Waals surface area (Å²) in [6.45, 7) is 0. The van der Waals surface area contributed by atoms with E-state index in [2.05, 4.69) is 229 Å². The van der Waals surface area contributed by atoms with Crippen LogP contribution in [0.1, 0.15) is 0 Å². The summed E-state index contributed by atoms with van der Waals surface area (Å²) in [7, 11) is 0. The van der Waals surface area contributed by atoms with Crippen LogP contribution in [0.2, 0.25) is 0 Å². The van der Waals surface area contributed by atoms with Gasteiger partial charge in [0.15, 0.2) is 0 Å². The first-order valence-electron chi connectivity index (χ1n) is 18.9. The van der Waals surface area contributed by atoms with Gasteiger partial charge in [-0.05, 0) is 114 Å². The molecule has 0 radical (unpaired) electrons. The molecule has 0 unspecified atom stereocenters. The molecule has 0 amide bonds. The number of anilines is 3. The zero-order chi connectivity index (χ0) is 36.6. The van der Waals surface area contributed by atoms with Crippen LogP contribution in [0, 0.1) is 0 Å². The molecule has 0 spiro atoms. The zero-order valence-electron chi connectivity index (χ0n) is 30.3. The van der Waals surface area contributed by atoms with Crippen LogP contribution in [0.15, 0.2) is 224 Å². The number of rotatable bonds is 7. The van der Waals surface area contributed by atoms with Gasteiger partial charge in [0.1, 0.15) is 0 Å². The van der Waals surface area contributed by atoms with Gasteiger partial charge in [-0.15, -0.1) is 0 Å². The van der Waals surface area contributed by atoms with Crippen molar-refractivity contribution in [2.75, 3.05) is 4.90 Å². The average molecular weight is 700 g/mol. The molecule has 258 valence electrons. The Morgan fingerprint density at radius 2 is 0.782 bits per heavy atom. The molecule has 0 heterocycles. The number of fused-ring (bicyclic) bond motifs is 4. The van der Waals surface area contributed by atoms with Crippen LogP contribution < -0.4 is 4.90 Å². The molecule has 0 aliphatic carbocycles. The predicted molar refractivity (Wildman–Crippen MR) is 235 cm³/mol. The van der Waals surface area contributed by atoms with Gasteiger partial charge >= 0.3 is 0 Å². The van der Waals surface area contributed by atoms with Crippen LogP contribution in [-0.4, -0.2) is 0 Å². The first-order chi connectivity index (χ1) is 27.3. The Morgan fingerprint density at radius 3 is 1.62 bits per heavy atom. The fourth-order valence-electron chi connectivity index (χ4n) is 8.21. The highest BCUT2D eigenvalue weighted by molar-refractivity contribution is 6.13. The first-order valence-corrected chi connectivity index (χ1v) is 18.9. The molecule has 0 aliphatic rings. The van der Waals surface area contributed by atoms with Gasteiger partial charge in [-0.2, -0.15) is 0 Å². The Bertz CT molecular complexity index is 2970. The van der Waals surface area contributed by atoms with Gasteiger partial charge in [0, 0.05) is 16.9 Å². The van der Waals surface area contributed by atoms with Gasteiger partial charge in [-0.25, -0.2) is 0 Å². The van der Waals surface area contributed by atoms with Crippen LogP contribution in [0.3, 0.4) is 0 Å². The molecular weight excluding hydrogens is 663 g/mol. The third kappa shape index (κ3) is 6.02. The molecule has 0 atom stereocenters. The van der Waals surface area contributed by atoms with Crippen molar-refractivity contribution in [2.24, 2.45) is 0 Å². The maximum Gasteiger partial charge on any atom is 0.0540 e. The molecule has 0 aromatic heterocycles. The van der Waals surface area contributed by atoms with Gasteiger partial charge in [-0.3, -0.25) is 0 Å². The van der Waals surface area contributed by atoms with Crippen LogP contribution in [0.4, 0.5) is 17.1 Å². The molecule has 10 aromatic carbocycles. The number of nitrogens with zero attached hydrogens (tertiary/aromatic N) is 1. The van der Waals surface area contributed by atoms with E-state index in [1.807, 2.05) is 0 Å². The van der Waals surface area contributed by atoms with Crippen molar-refractivity contribution in [3.63, 3.8) is 0 Å². The molecule has 0 saturated heterocycles. The van der Waals surface area contributed by atoms with E-state index in [0.717, 1.165) is 17.1 Å². The third-order valence-electron chi connectivity index (χ3n) is 10.8. The number of para-hydroxylation sites is 1. The Morgan fingerprint density at radius 1 is 0.236 bits per heavy atom. The first kappa shape index (κ1) is 32.4. The zero-order valence-corrected chi connectivity index (χ0v) is 30.3. The lowest BCUT2D eigenvalue weighted by atomic mass is 9.93. The highest BCUT2D eigenvalue weighted by Gasteiger charge is 2.19. The maximum atomic E-state index is 2.41. The highest BCUT2D eigenvalue weighted by atomic mass is 15.1. The fourth-order valence-corrected chi connectivity index (χ4v) is 8.21. The summed E-state index contributed by atoms with van der Waals surface area (Å²) >= 11 is 0. The molecule has 0 fully saturated rings. The lowest BCUT2D eigenvalue weighted by molar-refractivity contribution is 1.28. The number of benzene rings is 10. The van der Waals surface area contributed by atoms with Gasteiger partial charge in [-0.1, -0.05) is 182 Å². The van der Waals surface area contributed by atoms with Crippen LogP contribution in [0.25, 0.3) is 76.8 Å². The van der Waals surface area contributed by atoms with Crippen LogP contribution in [-0.2, 0) is 0 Å². The summed E-state index contributed by atoms with van der Waals surface area (Å²) in [6, 6.07) is 81.4. The Hall–Kier alpha value is -7.22. The molecule has 55 heavy (non-hydrogen) atoms. The molecule has 0 bridgehead atoms. The lowest BCUT2D eigenvalue weighted by Gasteiger charge is -2.28. The van der Waals surface area contributed by atoms with E-state index >= 15 is 0 Å². The fraction of sp³-hybridized carbons (Fsp3) is 0. The van der Waals surface area contributed by atoms with Crippen LogP contribution in [0.5, 0.6) is 0 Å². The van der Waals surface area contributed by atoms with E-state index in [1.54, 1.807) is 0 Å². The van der Waals surface area contributed by atoms with E-state index in [0.29, 0.717) is 0 Å². The third-order valence-corrected chi connectivity index (χ3v) is 10.8. The van der Waals surface area contributed by atoms with Gasteiger partial charge in [0.2, 0.25) is 0 Å². The normalized spacial score (nSPS) is 11.3. The number of hydrogen-bond donors (Lipinski definition) is 0. The summed E-state index contributed by atoms with van der Waals surface area (Å²) in [5.41, 5.74) is 12.9. The minimum atomic E-state index is 1.10. The Kier molecular flexibility index (Phi) is 8.24. The second-order valence-corrected chi connectivity index (χ2v) is 14.1. The second kappa shape index (κ2) is 14.0. The largest absolute Gasteiger partial charge is 0.310 e. The topological polar surface area (TPSA) is 3.24 Å². The van der Waals surface area contributed by atoms with E-state index in [-0.39, 0.29) is 0 Å². The molecule has 0 N–H and O–H groups in total. The molecule has 10 aromatic rings. The minimum absolute atomic E-state index is 1.10. The summed E-state index contributed by atoms with van der Waals surface area (Å²) < 4.78 is 0. The van der Waals surface area contributed by atoms with Crippen molar-refractivity contribution < 1.29 is 0 Å². The molecule has 1 nitrogen and oxygen atoms in total. The van der Waals surface area contributed by atoms with Crippen molar-refractivity contribution in [3.05, 3.63) is 224 Å². The monoisotopic (exact) mass is 699 g/mol. The van der Waals surface area contributed by atoms with Crippen molar-refractivity contribution in [2.45, 2.75) is 0 Å². The summed E-state index contributed by atoms with van der Waals surface area (Å²) in [5, 5.41) is 7.59. The SMILES string of the molecule is c1ccc(-c2ccccc2N(c2ccc(-c3cc4ccccc4c4ccccc34)cc2)c2cccc(-c3cccc(-c4cccc5ccccc45)c3)c2)cc1. The van der Waals surface area contributed by atoms with Crippen molar-refractivity contribution in [1.29, 1.82) is 0 Å². The molecule has 10 rings (SSSR count). The van der Waals surface area contributed by atoms with Gasteiger partial charge in [0.05, 0.1) is 5.69 Å². The van der Waals surface area contributed by atoms with Crippen molar-refractivity contribution in [3.8, 4) is 44.5 Å². The summed E-state index contributed by atoms with van der Waals surface area (Å²) in [5.74, 6) is 0. The van der Waals surface area contributed by atoms with E-state index < -0.39 is 0 Å². The van der Waals surface area contributed by atoms with E-state index in [9.17, 15) is 0 Å². The molecule has 0 aliphatic heterocycles. The summed E-state index contributed by atoms with van der Waals surface area (Å²) in [4.78, 5) is 2.41. The predicted octanol–water partition coefficient (Wildman–Crippen LogP) is 15.3. The van der Waals surface area contributed by atoms with Gasteiger partial charge in [0.25, 0.3) is 0 Å². The summed E-state index contributed by atoms with van der Waals surface area (Å²) in [6.07, 6.45) is 0. The van der Waals surface area contributed by atoms with E-state index in [1.165, 1.54) is 76.8 Å². The average Bonchev–Trinajstić information content (AvgIpc) is 3.27. The smallest absolute Gasteiger partial charge is 0.0540 e. The van der Waals surface area contributed by atoms with Crippen molar-refractivity contribution >= 4 is 49.4 Å². The molecule has 1 heteroatoms. The highest BCUT2D eigenvalue weighted by Crippen LogP contribution is 2.43. The quantitative estimate of drug-likeness (QED) is 0.150. The van der Waals surface area contributed by atoms with Gasteiger partial charge < -0.3 is 4.90 Å². The molecular formula is C54H37N. The van der Waals surface area contributed by atoms with Crippen LogP contribution >= 0.6 is 0 Å². The Labute approximate surface area is 322 Å². The molecule has 0 saturated carbocycles. The van der Waals surface area contributed by atoms with Crippen molar-refractivity contribution in [1.82, 2.24) is 0 Å². The number of hydrogen-bond acceptors (Lipinski definition) is 1. The Balaban J connectivity index is 1.11. The second-order valence-electron chi connectivity index (χ2n) is 14.1. The standard InChI is InChI=1S/C54H37N/c1-2-15-39(16-3-1)50-26-10-11-30-54(50)55(45-33-31-40(32-34-45)53-37-44-18-5-7-25-49(44)51-27-8-9-28-52(51)53)46-23-13-21-42(36-46)41-20-12-22-43(35-41)48-29-14-19-38-17-4-6-24-47(38)48/h1-37H.